The fourth-order valence-electron chi connectivity index (χ4n) is 1.93. The van der Waals surface area contributed by atoms with Crippen molar-refractivity contribution in [2.45, 2.75) is 30.1 Å². The zero-order chi connectivity index (χ0) is 19.3. The van der Waals surface area contributed by atoms with Gasteiger partial charge in [0.05, 0.1) is 5.69 Å². The minimum atomic E-state index is -1.69. The van der Waals surface area contributed by atoms with Gasteiger partial charge in [-0.2, -0.15) is 0 Å². The number of carbonyl (C=O) groups excluding carboxylic acids is 2. The first-order valence-corrected chi connectivity index (χ1v) is 8.54. The molecular weight excluding hydrogens is 367 g/mol. The smallest absolute Gasteiger partial charge is 0.319 e. The topological polar surface area (TPSA) is 55.4 Å². The van der Waals surface area contributed by atoms with Crippen molar-refractivity contribution < 1.29 is 27.5 Å². The molecule has 0 saturated heterocycles. The van der Waals surface area contributed by atoms with Gasteiger partial charge in [0.1, 0.15) is 5.25 Å². The lowest BCUT2D eigenvalue weighted by Gasteiger charge is -2.17. The van der Waals surface area contributed by atoms with Crippen LogP contribution in [-0.4, -0.2) is 23.2 Å². The molecule has 0 aliphatic rings. The summed E-state index contributed by atoms with van der Waals surface area (Å²) < 4.78 is 44.7. The summed E-state index contributed by atoms with van der Waals surface area (Å²) in [6.07, 6.45) is -1.24. The maximum Gasteiger partial charge on any atom is 0.319 e. The van der Waals surface area contributed by atoms with Gasteiger partial charge in [0.2, 0.25) is 0 Å². The predicted octanol–water partition coefficient (Wildman–Crippen LogP) is 4.15. The SMILES string of the molecule is C[C@H](OC(=O)[C@H](C)Sc1ccccc1)C(=O)Nc1ccc(F)c(F)c1F. The molecule has 2 aromatic carbocycles. The Morgan fingerprint density at radius 2 is 1.65 bits per heavy atom. The van der Waals surface area contributed by atoms with Crippen molar-refractivity contribution >= 4 is 29.3 Å². The maximum atomic E-state index is 13.6. The molecule has 0 unspecified atom stereocenters. The Morgan fingerprint density at radius 1 is 1.00 bits per heavy atom. The Hall–Kier alpha value is -2.48. The second-order valence-electron chi connectivity index (χ2n) is 5.36. The van der Waals surface area contributed by atoms with Crippen LogP contribution >= 0.6 is 11.8 Å². The van der Waals surface area contributed by atoms with Gasteiger partial charge < -0.3 is 10.1 Å². The van der Waals surface area contributed by atoms with Crippen molar-refractivity contribution in [2.75, 3.05) is 5.32 Å². The van der Waals surface area contributed by atoms with Crippen LogP contribution in [0.1, 0.15) is 13.8 Å². The summed E-state index contributed by atoms with van der Waals surface area (Å²) in [6.45, 7) is 2.92. The first-order valence-electron chi connectivity index (χ1n) is 7.66. The fraction of sp³-hybridized carbons (Fsp3) is 0.222. The van der Waals surface area contributed by atoms with Crippen molar-refractivity contribution in [2.24, 2.45) is 0 Å². The van der Waals surface area contributed by atoms with E-state index in [1.165, 1.54) is 18.7 Å². The molecule has 0 aliphatic heterocycles. The lowest BCUT2D eigenvalue weighted by atomic mass is 10.2. The third kappa shape index (κ3) is 5.01. The summed E-state index contributed by atoms with van der Waals surface area (Å²) in [5.41, 5.74) is -0.538. The highest BCUT2D eigenvalue weighted by molar-refractivity contribution is 8.00. The van der Waals surface area contributed by atoms with Crippen LogP contribution in [-0.2, 0) is 14.3 Å². The maximum absolute atomic E-state index is 13.6. The summed E-state index contributed by atoms with van der Waals surface area (Å²) in [5, 5.41) is 1.49. The summed E-state index contributed by atoms with van der Waals surface area (Å²) in [4.78, 5) is 24.9. The highest BCUT2D eigenvalue weighted by atomic mass is 32.2. The zero-order valence-electron chi connectivity index (χ0n) is 14.0. The molecular formula is C18H16F3NO3S. The lowest BCUT2D eigenvalue weighted by molar-refractivity contribution is -0.152. The van der Waals surface area contributed by atoms with Crippen LogP contribution in [0.2, 0.25) is 0 Å². The van der Waals surface area contributed by atoms with Gasteiger partial charge in [0.25, 0.3) is 5.91 Å². The number of benzene rings is 2. The Bertz CT molecular complexity index is 802. The van der Waals surface area contributed by atoms with E-state index in [2.05, 4.69) is 5.32 Å². The third-order valence-electron chi connectivity index (χ3n) is 3.34. The number of esters is 1. The lowest BCUT2D eigenvalue weighted by Crippen LogP contribution is -2.32. The molecule has 0 bridgehead atoms. The Kier molecular flexibility index (Phi) is 6.68. The molecule has 0 heterocycles. The summed E-state index contributed by atoms with van der Waals surface area (Å²) >= 11 is 1.26. The van der Waals surface area contributed by atoms with Crippen LogP contribution in [0, 0.1) is 17.5 Å². The van der Waals surface area contributed by atoms with E-state index in [9.17, 15) is 22.8 Å². The van der Waals surface area contributed by atoms with Gasteiger partial charge in [-0.1, -0.05) is 18.2 Å². The molecule has 2 rings (SSSR count). The number of thioether (sulfide) groups is 1. The van der Waals surface area contributed by atoms with Crippen molar-refractivity contribution in [3.8, 4) is 0 Å². The molecule has 0 aliphatic carbocycles. The number of rotatable bonds is 6. The van der Waals surface area contributed by atoms with Gasteiger partial charge in [0.15, 0.2) is 23.6 Å². The number of halogens is 3. The third-order valence-corrected chi connectivity index (χ3v) is 4.43. The number of ether oxygens (including phenoxy) is 1. The van der Waals surface area contributed by atoms with Gasteiger partial charge in [-0.25, -0.2) is 13.2 Å². The number of anilines is 1. The van der Waals surface area contributed by atoms with Gasteiger partial charge >= 0.3 is 5.97 Å². The van der Waals surface area contributed by atoms with Gasteiger partial charge in [0, 0.05) is 4.90 Å². The highest BCUT2D eigenvalue weighted by Crippen LogP contribution is 2.24. The summed E-state index contributed by atoms with van der Waals surface area (Å²) in [5.74, 6) is -6.08. The highest BCUT2D eigenvalue weighted by Gasteiger charge is 2.24. The molecule has 1 N–H and O–H groups in total. The molecule has 8 heteroatoms. The van der Waals surface area contributed by atoms with Gasteiger partial charge in [-0.3, -0.25) is 9.59 Å². The minimum Gasteiger partial charge on any atom is -0.452 e. The van der Waals surface area contributed by atoms with Crippen LogP contribution in [0.15, 0.2) is 47.4 Å². The molecule has 0 aromatic heterocycles. The molecule has 0 saturated carbocycles. The normalized spacial score (nSPS) is 13.0. The second kappa shape index (κ2) is 8.75. The number of hydrogen-bond acceptors (Lipinski definition) is 4. The molecule has 4 nitrogen and oxygen atoms in total. The largest absolute Gasteiger partial charge is 0.452 e. The van der Waals surface area contributed by atoms with Gasteiger partial charge in [-0.05, 0) is 38.1 Å². The number of amides is 1. The first kappa shape index (κ1) is 19.8. The van der Waals surface area contributed by atoms with E-state index in [4.69, 9.17) is 4.74 Å². The van der Waals surface area contributed by atoms with Crippen LogP contribution in [0.4, 0.5) is 18.9 Å². The van der Waals surface area contributed by atoms with Crippen LogP contribution in [0.3, 0.4) is 0 Å². The molecule has 1 amide bonds. The van der Waals surface area contributed by atoms with Crippen LogP contribution in [0.5, 0.6) is 0 Å². The van der Waals surface area contributed by atoms with E-state index < -0.39 is 46.4 Å². The first-order chi connectivity index (χ1) is 12.3. The predicted molar refractivity (Wildman–Crippen MR) is 92.3 cm³/mol. The van der Waals surface area contributed by atoms with E-state index in [1.807, 2.05) is 30.3 Å². The van der Waals surface area contributed by atoms with Crippen molar-refractivity contribution in [3.05, 3.63) is 59.9 Å². The standard InChI is InChI=1S/C18H16F3NO3S/c1-10(17(23)22-14-9-8-13(19)15(20)16(14)21)25-18(24)11(2)26-12-6-4-3-5-7-12/h3-11H,1-2H3,(H,22,23)/t10-,11-/m0/s1. The van der Waals surface area contributed by atoms with Crippen LogP contribution in [0.25, 0.3) is 0 Å². The van der Waals surface area contributed by atoms with E-state index in [1.54, 1.807) is 6.92 Å². The molecule has 2 aromatic rings. The molecule has 138 valence electrons. The van der Waals surface area contributed by atoms with E-state index in [-0.39, 0.29) is 0 Å². The van der Waals surface area contributed by atoms with E-state index >= 15 is 0 Å². The van der Waals surface area contributed by atoms with Crippen molar-refractivity contribution in [1.82, 2.24) is 0 Å². The number of carbonyl (C=O) groups is 2. The van der Waals surface area contributed by atoms with Crippen LogP contribution < -0.4 is 5.32 Å². The Labute approximate surface area is 152 Å². The quantitative estimate of drug-likeness (QED) is 0.462. The second-order valence-corrected chi connectivity index (χ2v) is 6.78. The number of hydrogen-bond donors (Lipinski definition) is 1. The molecule has 0 radical (unpaired) electrons. The monoisotopic (exact) mass is 383 g/mol. The molecule has 26 heavy (non-hydrogen) atoms. The average Bonchev–Trinajstić information content (AvgIpc) is 2.62. The summed E-state index contributed by atoms with van der Waals surface area (Å²) in [7, 11) is 0. The molecule has 2 atom stereocenters. The average molecular weight is 383 g/mol. The Morgan fingerprint density at radius 3 is 2.31 bits per heavy atom. The summed E-state index contributed by atoms with van der Waals surface area (Å²) in [6, 6.07) is 10.7. The zero-order valence-corrected chi connectivity index (χ0v) is 14.8. The van der Waals surface area contributed by atoms with Gasteiger partial charge in [-0.15, -0.1) is 11.8 Å². The molecule has 0 fully saturated rings. The van der Waals surface area contributed by atoms with E-state index in [0.29, 0.717) is 6.07 Å². The van der Waals surface area contributed by atoms with Crippen molar-refractivity contribution in [3.63, 3.8) is 0 Å². The fourth-order valence-corrected chi connectivity index (χ4v) is 2.81. The molecule has 0 spiro atoms. The van der Waals surface area contributed by atoms with E-state index in [0.717, 1.165) is 11.0 Å². The number of nitrogens with one attached hydrogen (secondary N) is 1. The minimum absolute atomic E-state index is 0.538. The van der Waals surface area contributed by atoms with Crippen molar-refractivity contribution in [1.29, 1.82) is 0 Å². The Balaban J connectivity index is 1.94.